The lowest BCUT2D eigenvalue weighted by Gasteiger charge is -2.26. The van der Waals surface area contributed by atoms with Gasteiger partial charge in [-0.1, -0.05) is 20.8 Å². The number of primary amides is 1. The molecule has 0 spiro atoms. The molecule has 3 heterocycles. The van der Waals surface area contributed by atoms with Crippen molar-refractivity contribution in [3.8, 4) is 5.75 Å². The number of aromatic nitrogens is 4. The number of nitrogens with zero attached hydrogens (tertiary/aromatic N) is 5. The van der Waals surface area contributed by atoms with Crippen LogP contribution in [0.15, 0.2) is 24.4 Å². The molecule has 0 bridgehead atoms. The van der Waals surface area contributed by atoms with Crippen molar-refractivity contribution in [3.63, 3.8) is 0 Å². The highest BCUT2D eigenvalue weighted by Crippen LogP contribution is 2.33. The first-order valence-corrected chi connectivity index (χ1v) is 11.2. The number of benzene rings is 1. The van der Waals surface area contributed by atoms with Gasteiger partial charge in [0.1, 0.15) is 22.9 Å². The average molecular weight is 465 g/mol. The van der Waals surface area contributed by atoms with Crippen molar-refractivity contribution in [2.75, 3.05) is 31.3 Å². The Labute approximate surface area is 199 Å². The number of carbonyl (C=O) groups excluding carboxylic acids is 1. The molecule has 3 aromatic rings. The van der Waals surface area contributed by atoms with Crippen molar-refractivity contribution in [2.24, 2.45) is 12.8 Å². The molecule has 0 saturated carbocycles. The molecule has 10 nitrogen and oxygen atoms in total. The van der Waals surface area contributed by atoms with E-state index in [9.17, 15) is 4.79 Å². The maximum absolute atomic E-state index is 12.1. The van der Waals surface area contributed by atoms with Crippen LogP contribution in [0, 0.1) is 0 Å². The molecule has 1 amide bonds. The van der Waals surface area contributed by atoms with Crippen LogP contribution in [0.2, 0.25) is 0 Å². The SMILES string of the molecule is COc1cc2c(cc1Nc1ncc(C(N)=O)c(Nc3cc(C(C)(C)C)nn3C)n1)CN(C)CC2. The highest BCUT2D eigenvalue weighted by atomic mass is 16.5. The van der Waals surface area contributed by atoms with E-state index in [-0.39, 0.29) is 11.0 Å². The molecule has 10 heteroatoms. The van der Waals surface area contributed by atoms with Crippen molar-refractivity contribution in [2.45, 2.75) is 39.2 Å². The molecule has 1 aromatic carbocycles. The summed E-state index contributed by atoms with van der Waals surface area (Å²) in [6.07, 6.45) is 2.39. The first-order chi connectivity index (χ1) is 16.0. The van der Waals surface area contributed by atoms with Gasteiger partial charge < -0.3 is 26.0 Å². The molecule has 2 aromatic heterocycles. The Morgan fingerprint density at radius 2 is 1.91 bits per heavy atom. The summed E-state index contributed by atoms with van der Waals surface area (Å²) >= 11 is 0. The van der Waals surface area contributed by atoms with E-state index in [1.54, 1.807) is 11.8 Å². The smallest absolute Gasteiger partial charge is 0.254 e. The van der Waals surface area contributed by atoms with E-state index in [0.717, 1.165) is 30.9 Å². The summed E-state index contributed by atoms with van der Waals surface area (Å²) in [6.45, 7) is 8.14. The van der Waals surface area contributed by atoms with E-state index in [1.807, 2.05) is 13.1 Å². The molecule has 0 unspecified atom stereocenters. The number of carbonyl (C=O) groups is 1. The fourth-order valence-corrected chi connectivity index (χ4v) is 3.90. The number of nitrogens with two attached hydrogens (primary N) is 1. The number of nitrogens with one attached hydrogen (secondary N) is 2. The molecule has 0 radical (unpaired) electrons. The summed E-state index contributed by atoms with van der Waals surface area (Å²) in [5.74, 6) is 1.38. The minimum absolute atomic E-state index is 0.125. The van der Waals surface area contributed by atoms with Gasteiger partial charge >= 0.3 is 0 Å². The minimum atomic E-state index is -0.623. The molecule has 1 aliphatic rings. The first-order valence-electron chi connectivity index (χ1n) is 11.2. The van der Waals surface area contributed by atoms with E-state index in [4.69, 9.17) is 10.5 Å². The van der Waals surface area contributed by atoms with E-state index in [1.165, 1.54) is 17.3 Å². The summed E-state index contributed by atoms with van der Waals surface area (Å²) in [7, 11) is 5.57. The van der Waals surface area contributed by atoms with Crippen LogP contribution in [0.1, 0.15) is 48.0 Å². The Bertz CT molecular complexity index is 1230. The van der Waals surface area contributed by atoms with Gasteiger partial charge in [-0.15, -0.1) is 0 Å². The average Bonchev–Trinajstić information content (AvgIpc) is 3.14. The van der Waals surface area contributed by atoms with Crippen molar-refractivity contribution in [1.82, 2.24) is 24.6 Å². The van der Waals surface area contributed by atoms with Gasteiger partial charge in [0, 0.05) is 37.8 Å². The lowest BCUT2D eigenvalue weighted by atomic mass is 9.92. The number of anilines is 4. The van der Waals surface area contributed by atoms with Crippen molar-refractivity contribution in [3.05, 3.63) is 46.8 Å². The topological polar surface area (TPSA) is 123 Å². The normalized spacial score (nSPS) is 13.9. The lowest BCUT2D eigenvalue weighted by Crippen LogP contribution is -2.26. The van der Waals surface area contributed by atoms with E-state index >= 15 is 0 Å². The Morgan fingerprint density at radius 1 is 1.15 bits per heavy atom. The molecule has 0 fully saturated rings. The second kappa shape index (κ2) is 8.94. The molecule has 1 aliphatic heterocycles. The van der Waals surface area contributed by atoms with Crippen LogP contribution in [0.3, 0.4) is 0 Å². The fourth-order valence-electron chi connectivity index (χ4n) is 3.90. The zero-order valence-corrected chi connectivity index (χ0v) is 20.6. The molecule has 0 saturated heterocycles. The number of rotatable bonds is 6. The van der Waals surface area contributed by atoms with Gasteiger partial charge in [0.2, 0.25) is 5.95 Å². The number of amides is 1. The van der Waals surface area contributed by atoms with Crippen molar-refractivity contribution in [1.29, 1.82) is 0 Å². The van der Waals surface area contributed by atoms with Crippen LogP contribution in [0.25, 0.3) is 0 Å². The zero-order chi connectivity index (χ0) is 24.6. The van der Waals surface area contributed by atoms with E-state index < -0.39 is 5.91 Å². The number of methoxy groups -OCH3 is 1. The standard InChI is InChI=1S/C24H32N8O2/c1-24(2,3)19-11-20(32(5)30-19)28-22-16(21(25)33)12-26-23(29-22)27-17-9-15-13-31(4)8-7-14(15)10-18(17)34-6/h9-12H,7-8,13H2,1-6H3,(H2,25,33)(H2,26,27,28,29). The van der Waals surface area contributed by atoms with Gasteiger partial charge in [0.25, 0.3) is 5.91 Å². The molecule has 0 atom stereocenters. The van der Waals surface area contributed by atoms with Crippen LogP contribution in [0.5, 0.6) is 5.75 Å². The Morgan fingerprint density at radius 3 is 2.56 bits per heavy atom. The molecule has 0 aliphatic carbocycles. The van der Waals surface area contributed by atoms with Crippen molar-refractivity contribution < 1.29 is 9.53 Å². The van der Waals surface area contributed by atoms with Crippen LogP contribution in [-0.4, -0.2) is 51.3 Å². The summed E-state index contributed by atoms with van der Waals surface area (Å²) in [6, 6.07) is 6.06. The molecular formula is C24H32N8O2. The number of likely N-dealkylation sites (N-methyl/N-ethyl adjacent to an activating group) is 1. The minimum Gasteiger partial charge on any atom is -0.495 e. The largest absolute Gasteiger partial charge is 0.495 e. The second-order valence-electron chi connectivity index (χ2n) is 9.67. The lowest BCUT2D eigenvalue weighted by molar-refractivity contribution is 0.100. The maximum Gasteiger partial charge on any atom is 0.254 e. The quantitative estimate of drug-likeness (QED) is 0.509. The van der Waals surface area contributed by atoms with Gasteiger partial charge in [-0.2, -0.15) is 10.1 Å². The third-order valence-electron chi connectivity index (χ3n) is 5.92. The van der Waals surface area contributed by atoms with Gasteiger partial charge in [0.15, 0.2) is 0 Å². The highest BCUT2D eigenvalue weighted by molar-refractivity contribution is 5.98. The number of hydrogen-bond donors (Lipinski definition) is 3. The highest BCUT2D eigenvalue weighted by Gasteiger charge is 2.21. The van der Waals surface area contributed by atoms with Gasteiger partial charge in [-0.05, 0) is 36.7 Å². The molecule has 4 rings (SSSR count). The number of aryl methyl sites for hydroxylation is 1. The Balaban J connectivity index is 1.68. The number of ether oxygens (including phenoxy) is 1. The fraction of sp³-hybridized carbons (Fsp3) is 0.417. The molecule has 34 heavy (non-hydrogen) atoms. The van der Waals surface area contributed by atoms with Crippen LogP contribution >= 0.6 is 0 Å². The van der Waals surface area contributed by atoms with E-state index in [2.05, 4.69) is 70.6 Å². The summed E-state index contributed by atoms with van der Waals surface area (Å²) in [5, 5.41) is 11.0. The summed E-state index contributed by atoms with van der Waals surface area (Å²) < 4.78 is 7.33. The van der Waals surface area contributed by atoms with Crippen LogP contribution in [-0.2, 0) is 25.4 Å². The number of hydrogen-bond acceptors (Lipinski definition) is 8. The van der Waals surface area contributed by atoms with Crippen molar-refractivity contribution >= 4 is 29.2 Å². The predicted octanol–water partition coefficient (Wildman–Crippen LogP) is 3.09. The van der Waals surface area contributed by atoms with Crippen LogP contribution in [0.4, 0.5) is 23.3 Å². The Hall–Kier alpha value is -3.66. The van der Waals surface area contributed by atoms with E-state index in [0.29, 0.717) is 23.3 Å². The van der Waals surface area contributed by atoms with Gasteiger partial charge in [-0.3, -0.25) is 9.48 Å². The molecule has 180 valence electrons. The Kier molecular flexibility index (Phi) is 6.18. The maximum atomic E-state index is 12.1. The monoisotopic (exact) mass is 464 g/mol. The second-order valence-corrected chi connectivity index (χ2v) is 9.67. The van der Waals surface area contributed by atoms with Gasteiger partial charge in [-0.25, -0.2) is 4.98 Å². The van der Waals surface area contributed by atoms with Crippen LogP contribution < -0.4 is 21.1 Å². The third-order valence-corrected chi connectivity index (χ3v) is 5.92. The predicted molar refractivity (Wildman–Crippen MR) is 132 cm³/mol. The summed E-state index contributed by atoms with van der Waals surface area (Å²) in [5.41, 5.74) is 9.82. The third kappa shape index (κ3) is 4.81. The number of fused-ring (bicyclic) bond motifs is 1. The van der Waals surface area contributed by atoms with Gasteiger partial charge in [0.05, 0.1) is 18.5 Å². The first kappa shape index (κ1) is 23.5. The molecular weight excluding hydrogens is 432 g/mol. The zero-order valence-electron chi connectivity index (χ0n) is 20.6. The molecule has 4 N–H and O–H groups in total. The summed E-state index contributed by atoms with van der Waals surface area (Å²) in [4.78, 5) is 23.2.